The summed E-state index contributed by atoms with van der Waals surface area (Å²) in [5, 5.41) is 31.2. The van der Waals surface area contributed by atoms with Gasteiger partial charge in [-0.05, 0) is 85.4 Å². The molecule has 0 saturated heterocycles. The van der Waals surface area contributed by atoms with Crippen molar-refractivity contribution in [2.24, 2.45) is 46.3 Å². The van der Waals surface area contributed by atoms with Gasteiger partial charge in [-0.1, -0.05) is 20.8 Å². The number of nitrogens with zero attached hydrogens (tertiary/aromatic N) is 1. The number of aliphatic hydroxyl groups excluding tert-OH is 2. The molecule has 0 bridgehead atoms. The van der Waals surface area contributed by atoms with Crippen LogP contribution in [-0.2, 0) is 0 Å². The molecule has 3 heteroatoms. The molecule has 10 atom stereocenters. The fourth-order valence-corrected chi connectivity index (χ4v) is 8.05. The zero-order valence-electron chi connectivity index (χ0n) is 15.4. The Morgan fingerprint density at radius 2 is 1.62 bits per heavy atom. The summed E-state index contributed by atoms with van der Waals surface area (Å²) in [7, 11) is 0. The predicted octanol–water partition coefficient (Wildman–Crippen LogP) is 3.75. The summed E-state index contributed by atoms with van der Waals surface area (Å²) in [5.41, 5.74) is 0.172. The molecule has 24 heavy (non-hydrogen) atoms. The van der Waals surface area contributed by atoms with Gasteiger partial charge in [0.2, 0.25) is 0 Å². The zero-order chi connectivity index (χ0) is 17.3. The minimum atomic E-state index is -0.277. The highest BCUT2D eigenvalue weighted by Gasteiger charge is 2.63. The number of hydrogen-bond acceptors (Lipinski definition) is 3. The van der Waals surface area contributed by atoms with Gasteiger partial charge in [0, 0.05) is 0 Å². The van der Waals surface area contributed by atoms with E-state index in [1.54, 1.807) is 0 Å². The van der Waals surface area contributed by atoms with Crippen LogP contribution in [0.3, 0.4) is 0 Å². The van der Waals surface area contributed by atoms with Crippen molar-refractivity contribution in [1.29, 1.82) is 5.26 Å². The molecule has 3 nitrogen and oxygen atoms in total. The Kier molecular flexibility index (Phi) is 3.83. The Balaban J connectivity index is 1.69. The van der Waals surface area contributed by atoms with Crippen molar-refractivity contribution in [3.63, 3.8) is 0 Å². The minimum Gasteiger partial charge on any atom is -0.393 e. The summed E-state index contributed by atoms with van der Waals surface area (Å²) in [4.78, 5) is 0. The summed E-state index contributed by atoms with van der Waals surface area (Å²) < 4.78 is 0. The Hall–Kier alpha value is -0.590. The van der Waals surface area contributed by atoms with E-state index >= 15 is 0 Å². The topological polar surface area (TPSA) is 64.2 Å². The molecule has 0 aliphatic heterocycles. The van der Waals surface area contributed by atoms with Crippen LogP contribution in [0.5, 0.6) is 0 Å². The van der Waals surface area contributed by atoms with Crippen molar-refractivity contribution in [2.75, 3.05) is 0 Å². The highest BCUT2D eigenvalue weighted by atomic mass is 16.3. The third kappa shape index (κ3) is 2.02. The summed E-state index contributed by atoms with van der Waals surface area (Å²) in [6.45, 7) is 6.90. The molecule has 0 unspecified atom stereocenters. The number of rotatable bonds is 0. The van der Waals surface area contributed by atoms with E-state index in [4.69, 9.17) is 0 Å². The molecular formula is C21H33NO2. The predicted molar refractivity (Wildman–Crippen MR) is 92.8 cm³/mol. The van der Waals surface area contributed by atoms with Gasteiger partial charge >= 0.3 is 0 Å². The van der Waals surface area contributed by atoms with Gasteiger partial charge in [-0.25, -0.2) is 0 Å². The lowest BCUT2D eigenvalue weighted by atomic mass is 9.42. The van der Waals surface area contributed by atoms with Crippen LogP contribution in [0, 0.1) is 57.7 Å². The number of hydrogen-bond donors (Lipinski definition) is 2. The van der Waals surface area contributed by atoms with Crippen LogP contribution in [0.25, 0.3) is 0 Å². The van der Waals surface area contributed by atoms with E-state index in [0.717, 1.165) is 25.7 Å². The Bertz CT molecular complexity index is 557. The van der Waals surface area contributed by atoms with Gasteiger partial charge in [0.1, 0.15) is 0 Å². The average Bonchev–Trinajstić information content (AvgIpc) is 2.86. The average molecular weight is 332 g/mol. The molecule has 0 spiro atoms. The van der Waals surface area contributed by atoms with Crippen LogP contribution < -0.4 is 0 Å². The summed E-state index contributed by atoms with van der Waals surface area (Å²) >= 11 is 0. The van der Waals surface area contributed by atoms with Gasteiger partial charge in [0.05, 0.1) is 24.2 Å². The van der Waals surface area contributed by atoms with Gasteiger partial charge in [-0.15, -0.1) is 0 Å². The summed E-state index contributed by atoms with van der Waals surface area (Å²) in [6, 6.07) is 2.55. The smallest absolute Gasteiger partial charge is 0.0661 e. The number of nitriles is 1. The first-order chi connectivity index (χ1) is 11.3. The lowest BCUT2D eigenvalue weighted by molar-refractivity contribution is -0.188. The Morgan fingerprint density at radius 1 is 0.917 bits per heavy atom. The third-order valence-corrected chi connectivity index (χ3v) is 9.25. The van der Waals surface area contributed by atoms with E-state index in [2.05, 4.69) is 26.8 Å². The van der Waals surface area contributed by atoms with E-state index in [1.807, 2.05) is 0 Å². The second kappa shape index (κ2) is 5.45. The zero-order valence-corrected chi connectivity index (χ0v) is 15.4. The van der Waals surface area contributed by atoms with Crippen LogP contribution >= 0.6 is 0 Å². The molecule has 0 aromatic rings. The van der Waals surface area contributed by atoms with Gasteiger partial charge in [-0.3, -0.25) is 0 Å². The van der Waals surface area contributed by atoms with Gasteiger partial charge < -0.3 is 10.2 Å². The fraction of sp³-hybridized carbons (Fsp3) is 0.952. The van der Waals surface area contributed by atoms with E-state index in [1.165, 1.54) is 19.3 Å². The van der Waals surface area contributed by atoms with E-state index in [-0.39, 0.29) is 29.0 Å². The van der Waals surface area contributed by atoms with Crippen LogP contribution in [0.1, 0.15) is 65.7 Å². The molecule has 134 valence electrons. The van der Waals surface area contributed by atoms with Gasteiger partial charge in [0.25, 0.3) is 0 Å². The molecule has 0 radical (unpaired) electrons. The maximum absolute atomic E-state index is 11.2. The Morgan fingerprint density at radius 3 is 2.33 bits per heavy atom. The molecule has 0 aromatic heterocycles. The van der Waals surface area contributed by atoms with Crippen molar-refractivity contribution in [3.8, 4) is 6.07 Å². The fourth-order valence-electron chi connectivity index (χ4n) is 8.05. The molecule has 4 rings (SSSR count). The molecule has 4 aliphatic rings. The van der Waals surface area contributed by atoms with Crippen LogP contribution in [0.4, 0.5) is 0 Å². The molecule has 0 heterocycles. The van der Waals surface area contributed by atoms with Crippen molar-refractivity contribution >= 4 is 0 Å². The summed E-state index contributed by atoms with van der Waals surface area (Å²) in [5.74, 6) is 2.55. The summed E-state index contributed by atoms with van der Waals surface area (Å²) in [6.07, 6.45) is 6.84. The third-order valence-electron chi connectivity index (χ3n) is 9.25. The molecule has 2 N–H and O–H groups in total. The monoisotopic (exact) mass is 331 g/mol. The SMILES string of the molecule is C[C@H]1[C@H](O)CC[C@]2(C)[C@@H]3[C@@H](CC[C@@H]12)[C@@H]1CC[C@H](C#N)[C@@]1(C)C[C@@H]3O. The largest absolute Gasteiger partial charge is 0.393 e. The quantitative estimate of drug-likeness (QED) is 0.710. The number of aliphatic hydroxyl groups is 2. The maximum Gasteiger partial charge on any atom is 0.0661 e. The van der Waals surface area contributed by atoms with E-state index in [9.17, 15) is 15.5 Å². The second-order valence-electron chi connectivity index (χ2n) is 9.99. The van der Waals surface area contributed by atoms with Crippen molar-refractivity contribution in [3.05, 3.63) is 0 Å². The van der Waals surface area contributed by atoms with Crippen molar-refractivity contribution in [2.45, 2.75) is 77.9 Å². The maximum atomic E-state index is 11.2. The first-order valence-electron chi connectivity index (χ1n) is 10.1. The van der Waals surface area contributed by atoms with Crippen LogP contribution in [0.2, 0.25) is 0 Å². The molecular weight excluding hydrogens is 298 g/mol. The van der Waals surface area contributed by atoms with Gasteiger partial charge in [0.15, 0.2) is 0 Å². The first kappa shape index (κ1) is 16.9. The first-order valence-corrected chi connectivity index (χ1v) is 10.1. The standard InChI is InChI=1S/C21H33NO2/c1-12-15-7-5-14-16-6-4-13(11-22)21(16,3)10-18(24)19(14)20(15,2)9-8-17(12)23/h12-19,23-24H,4-10H2,1-3H3/t12-,13-,14+,15+,16+,17-,18+,19-,20+,21-/m1/s1. The highest BCUT2D eigenvalue weighted by Crippen LogP contribution is 2.67. The molecule has 0 amide bonds. The van der Waals surface area contributed by atoms with Crippen LogP contribution in [0.15, 0.2) is 0 Å². The molecule has 0 aromatic carbocycles. The Labute approximate surface area is 146 Å². The molecule has 4 saturated carbocycles. The lowest BCUT2D eigenvalue weighted by Crippen LogP contribution is -2.60. The minimum absolute atomic E-state index is 0.0122. The van der Waals surface area contributed by atoms with Gasteiger partial charge in [-0.2, -0.15) is 5.26 Å². The molecule has 4 fully saturated rings. The van der Waals surface area contributed by atoms with E-state index < -0.39 is 0 Å². The second-order valence-corrected chi connectivity index (χ2v) is 9.99. The van der Waals surface area contributed by atoms with Crippen molar-refractivity contribution in [1.82, 2.24) is 0 Å². The van der Waals surface area contributed by atoms with E-state index in [0.29, 0.717) is 29.6 Å². The van der Waals surface area contributed by atoms with Crippen LogP contribution in [-0.4, -0.2) is 22.4 Å². The van der Waals surface area contributed by atoms with Crippen molar-refractivity contribution < 1.29 is 10.2 Å². The molecule has 4 aliphatic carbocycles. The lowest BCUT2D eigenvalue weighted by Gasteiger charge is -2.63. The number of fused-ring (bicyclic) bond motifs is 5. The normalized spacial score (nSPS) is 59.8. The highest BCUT2D eigenvalue weighted by molar-refractivity contribution is 5.15.